The number of anilines is 2. The van der Waals surface area contributed by atoms with Crippen LogP contribution in [0.5, 0.6) is 0 Å². The fourth-order valence-corrected chi connectivity index (χ4v) is 4.03. The number of pyridine rings is 1. The summed E-state index contributed by atoms with van der Waals surface area (Å²) in [7, 11) is 0. The van der Waals surface area contributed by atoms with E-state index in [1.54, 1.807) is 6.20 Å². The molecular formula is C24H22FN5. The highest BCUT2D eigenvalue weighted by molar-refractivity contribution is 5.93. The molecular weight excluding hydrogens is 377 g/mol. The Morgan fingerprint density at radius 3 is 2.23 bits per heavy atom. The molecule has 0 saturated carbocycles. The van der Waals surface area contributed by atoms with Crippen LogP contribution in [0.15, 0.2) is 73.1 Å². The molecule has 1 saturated heterocycles. The molecule has 5 nitrogen and oxygen atoms in total. The van der Waals surface area contributed by atoms with Crippen molar-refractivity contribution in [1.29, 1.82) is 0 Å². The van der Waals surface area contributed by atoms with E-state index in [0.717, 1.165) is 59.7 Å². The van der Waals surface area contributed by atoms with E-state index in [4.69, 9.17) is 0 Å². The van der Waals surface area contributed by atoms with Gasteiger partial charge in [-0.1, -0.05) is 30.3 Å². The highest BCUT2D eigenvalue weighted by atomic mass is 19.1. The molecule has 5 rings (SSSR count). The lowest BCUT2D eigenvalue weighted by atomic mass is 10.0. The average molecular weight is 399 g/mol. The number of hydrogen-bond donors (Lipinski definition) is 0. The molecule has 2 aromatic carbocycles. The van der Waals surface area contributed by atoms with Gasteiger partial charge < -0.3 is 9.80 Å². The van der Waals surface area contributed by atoms with Crippen molar-refractivity contribution < 1.29 is 4.39 Å². The van der Waals surface area contributed by atoms with Gasteiger partial charge in [0.1, 0.15) is 5.82 Å². The standard InChI is InChI=1S/C24H22FN5/c25-19-7-9-20(10-8-19)29-12-14-30(15-13-29)24-22-6-2-1-5-21(22)23(27-28-24)16-18-4-3-11-26-17-18/h1-11,17H,12-16H2. The third kappa shape index (κ3) is 3.68. The van der Waals surface area contributed by atoms with Crippen molar-refractivity contribution in [2.75, 3.05) is 36.0 Å². The maximum atomic E-state index is 13.2. The number of hydrogen-bond acceptors (Lipinski definition) is 5. The Kier molecular flexibility index (Phi) is 4.97. The van der Waals surface area contributed by atoms with Crippen molar-refractivity contribution in [1.82, 2.24) is 15.2 Å². The van der Waals surface area contributed by atoms with Gasteiger partial charge in [0.25, 0.3) is 0 Å². The van der Waals surface area contributed by atoms with E-state index < -0.39 is 0 Å². The fraction of sp³-hybridized carbons (Fsp3) is 0.208. The first-order valence-corrected chi connectivity index (χ1v) is 10.2. The molecule has 0 bridgehead atoms. The molecule has 1 aliphatic rings. The van der Waals surface area contributed by atoms with Crippen molar-refractivity contribution in [3.05, 3.63) is 90.1 Å². The molecule has 0 aliphatic carbocycles. The van der Waals surface area contributed by atoms with Crippen molar-refractivity contribution in [2.24, 2.45) is 0 Å². The minimum atomic E-state index is -0.203. The topological polar surface area (TPSA) is 45.2 Å². The number of benzene rings is 2. The molecule has 4 aromatic rings. The number of fused-ring (bicyclic) bond motifs is 1. The van der Waals surface area contributed by atoms with Gasteiger partial charge in [0.05, 0.1) is 5.69 Å². The molecule has 1 aliphatic heterocycles. The molecule has 1 fully saturated rings. The van der Waals surface area contributed by atoms with Gasteiger partial charge in [0.15, 0.2) is 5.82 Å². The highest BCUT2D eigenvalue weighted by Crippen LogP contribution is 2.28. The van der Waals surface area contributed by atoms with E-state index in [1.807, 2.05) is 30.5 Å². The zero-order valence-electron chi connectivity index (χ0n) is 16.6. The Labute approximate surface area is 174 Å². The van der Waals surface area contributed by atoms with Crippen LogP contribution in [0.25, 0.3) is 10.8 Å². The highest BCUT2D eigenvalue weighted by Gasteiger charge is 2.21. The third-order valence-electron chi connectivity index (χ3n) is 5.61. The summed E-state index contributed by atoms with van der Waals surface area (Å²) in [6.45, 7) is 3.41. The number of piperazine rings is 1. The van der Waals surface area contributed by atoms with Gasteiger partial charge in [-0.25, -0.2) is 4.39 Å². The van der Waals surface area contributed by atoms with E-state index in [-0.39, 0.29) is 5.82 Å². The van der Waals surface area contributed by atoms with Crippen LogP contribution in [0.4, 0.5) is 15.9 Å². The van der Waals surface area contributed by atoms with Gasteiger partial charge in [0, 0.05) is 61.5 Å². The minimum absolute atomic E-state index is 0.203. The number of aromatic nitrogens is 3. The van der Waals surface area contributed by atoms with Gasteiger partial charge in [-0.3, -0.25) is 4.98 Å². The monoisotopic (exact) mass is 399 g/mol. The van der Waals surface area contributed by atoms with E-state index in [0.29, 0.717) is 6.42 Å². The molecule has 3 heterocycles. The number of halogens is 1. The van der Waals surface area contributed by atoms with Gasteiger partial charge in [0.2, 0.25) is 0 Å². The Morgan fingerprint density at radius 1 is 0.767 bits per heavy atom. The number of rotatable bonds is 4. The predicted molar refractivity (Wildman–Crippen MR) is 117 cm³/mol. The second-order valence-electron chi connectivity index (χ2n) is 7.50. The summed E-state index contributed by atoms with van der Waals surface area (Å²) in [5.74, 6) is 0.727. The van der Waals surface area contributed by atoms with Crippen LogP contribution in [0.3, 0.4) is 0 Å². The van der Waals surface area contributed by atoms with Crippen LogP contribution >= 0.6 is 0 Å². The Balaban J connectivity index is 1.39. The molecule has 0 N–H and O–H groups in total. The van der Waals surface area contributed by atoms with E-state index in [1.165, 1.54) is 12.1 Å². The summed E-state index contributed by atoms with van der Waals surface area (Å²) in [6, 6.07) is 19.1. The quantitative estimate of drug-likeness (QED) is 0.517. The first-order valence-electron chi connectivity index (χ1n) is 10.2. The van der Waals surface area contributed by atoms with Crippen LogP contribution in [0.1, 0.15) is 11.3 Å². The second kappa shape index (κ2) is 8.06. The molecule has 2 aromatic heterocycles. The lowest BCUT2D eigenvalue weighted by Crippen LogP contribution is -2.47. The zero-order valence-corrected chi connectivity index (χ0v) is 16.6. The Bertz CT molecular complexity index is 1140. The smallest absolute Gasteiger partial charge is 0.159 e. The fourth-order valence-electron chi connectivity index (χ4n) is 4.03. The second-order valence-corrected chi connectivity index (χ2v) is 7.50. The third-order valence-corrected chi connectivity index (χ3v) is 5.61. The Morgan fingerprint density at radius 2 is 1.50 bits per heavy atom. The molecule has 0 unspecified atom stereocenters. The van der Waals surface area contributed by atoms with Crippen molar-refractivity contribution in [3.63, 3.8) is 0 Å². The van der Waals surface area contributed by atoms with E-state index in [9.17, 15) is 4.39 Å². The largest absolute Gasteiger partial charge is 0.368 e. The molecule has 150 valence electrons. The van der Waals surface area contributed by atoms with Crippen LogP contribution in [0, 0.1) is 5.82 Å². The van der Waals surface area contributed by atoms with E-state index in [2.05, 4.69) is 49.2 Å². The van der Waals surface area contributed by atoms with Crippen LogP contribution in [0.2, 0.25) is 0 Å². The molecule has 6 heteroatoms. The predicted octanol–water partition coefficient (Wildman–Crippen LogP) is 4.08. The number of nitrogens with zero attached hydrogens (tertiary/aromatic N) is 5. The summed E-state index contributed by atoms with van der Waals surface area (Å²) >= 11 is 0. The van der Waals surface area contributed by atoms with Gasteiger partial charge in [-0.2, -0.15) is 5.10 Å². The summed E-state index contributed by atoms with van der Waals surface area (Å²) in [4.78, 5) is 8.78. The summed E-state index contributed by atoms with van der Waals surface area (Å²) in [5.41, 5.74) is 3.14. The summed E-state index contributed by atoms with van der Waals surface area (Å²) in [6.07, 6.45) is 4.36. The minimum Gasteiger partial charge on any atom is -0.368 e. The first-order chi connectivity index (χ1) is 14.8. The molecule has 0 atom stereocenters. The molecule has 0 amide bonds. The molecule has 30 heavy (non-hydrogen) atoms. The average Bonchev–Trinajstić information content (AvgIpc) is 2.81. The van der Waals surface area contributed by atoms with Gasteiger partial charge in [-0.15, -0.1) is 5.10 Å². The first kappa shape index (κ1) is 18.5. The maximum Gasteiger partial charge on any atom is 0.159 e. The Hall–Kier alpha value is -3.54. The van der Waals surface area contributed by atoms with Crippen molar-refractivity contribution in [2.45, 2.75) is 6.42 Å². The lowest BCUT2D eigenvalue weighted by molar-refractivity contribution is 0.624. The van der Waals surface area contributed by atoms with Gasteiger partial charge in [-0.05, 0) is 35.9 Å². The van der Waals surface area contributed by atoms with Crippen LogP contribution < -0.4 is 9.80 Å². The maximum absolute atomic E-state index is 13.2. The van der Waals surface area contributed by atoms with Crippen molar-refractivity contribution in [3.8, 4) is 0 Å². The van der Waals surface area contributed by atoms with E-state index >= 15 is 0 Å². The molecule has 0 radical (unpaired) electrons. The normalized spacial score (nSPS) is 14.3. The zero-order chi connectivity index (χ0) is 20.3. The summed E-state index contributed by atoms with van der Waals surface area (Å²) in [5, 5.41) is 11.5. The SMILES string of the molecule is Fc1ccc(N2CCN(c3nnc(Cc4cccnc4)c4ccccc34)CC2)cc1. The van der Waals surface area contributed by atoms with Gasteiger partial charge >= 0.3 is 0 Å². The van der Waals surface area contributed by atoms with Crippen molar-refractivity contribution >= 4 is 22.3 Å². The van der Waals surface area contributed by atoms with Crippen LogP contribution in [-0.4, -0.2) is 41.4 Å². The lowest BCUT2D eigenvalue weighted by Gasteiger charge is -2.37. The molecule has 0 spiro atoms. The summed E-state index contributed by atoms with van der Waals surface area (Å²) < 4.78 is 13.2. The van der Waals surface area contributed by atoms with Crippen LogP contribution in [-0.2, 0) is 6.42 Å².